The van der Waals surface area contributed by atoms with Crippen molar-refractivity contribution < 1.29 is 9.47 Å². The molecule has 16 heavy (non-hydrogen) atoms. The molecule has 0 spiro atoms. The first kappa shape index (κ1) is 15.9. The quantitative estimate of drug-likeness (QED) is 0.555. The third-order valence-electron chi connectivity index (χ3n) is 2.28. The van der Waals surface area contributed by atoms with Gasteiger partial charge in [0.25, 0.3) is 0 Å². The highest BCUT2D eigenvalue weighted by Gasteiger charge is 2.12. The second kappa shape index (κ2) is 9.00. The van der Waals surface area contributed by atoms with Crippen LogP contribution in [-0.4, -0.2) is 19.5 Å². The van der Waals surface area contributed by atoms with Crippen LogP contribution in [0.5, 0.6) is 0 Å². The zero-order valence-corrected chi connectivity index (χ0v) is 12.0. The van der Waals surface area contributed by atoms with Crippen molar-refractivity contribution in [1.82, 2.24) is 0 Å². The largest absolute Gasteiger partial charge is 0.353 e. The van der Waals surface area contributed by atoms with Crippen molar-refractivity contribution >= 4 is 0 Å². The topological polar surface area (TPSA) is 18.5 Å². The van der Waals surface area contributed by atoms with Gasteiger partial charge in [-0.15, -0.1) is 0 Å². The SMILES string of the molecule is CC(C)CCOC(CC(C)C)OCC(C)C. The number of ether oxygens (including phenoxy) is 2. The summed E-state index contributed by atoms with van der Waals surface area (Å²) in [6.45, 7) is 14.8. The molecule has 2 heteroatoms. The van der Waals surface area contributed by atoms with E-state index in [1.54, 1.807) is 0 Å². The lowest BCUT2D eigenvalue weighted by Gasteiger charge is -2.21. The van der Waals surface area contributed by atoms with Crippen molar-refractivity contribution in [2.24, 2.45) is 17.8 Å². The van der Waals surface area contributed by atoms with Gasteiger partial charge in [0.15, 0.2) is 6.29 Å². The van der Waals surface area contributed by atoms with Gasteiger partial charge in [0.05, 0.1) is 6.61 Å². The molecule has 0 saturated heterocycles. The summed E-state index contributed by atoms with van der Waals surface area (Å²) < 4.78 is 11.6. The van der Waals surface area contributed by atoms with Gasteiger partial charge >= 0.3 is 0 Å². The van der Waals surface area contributed by atoms with E-state index in [0.717, 1.165) is 26.1 Å². The Kier molecular flexibility index (Phi) is 8.96. The molecule has 98 valence electrons. The average Bonchev–Trinajstić information content (AvgIpc) is 2.12. The lowest BCUT2D eigenvalue weighted by molar-refractivity contribution is -0.157. The van der Waals surface area contributed by atoms with Crippen molar-refractivity contribution in [2.75, 3.05) is 13.2 Å². The number of hydrogen-bond donors (Lipinski definition) is 0. The molecule has 0 saturated carbocycles. The van der Waals surface area contributed by atoms with E-state index < -0.39 is 0 Å². The van der Waals surface area contributed by atoms with Gasteiger partial charge in [0.2, 0.25) is 0 Å². The van der Waals surface area contributed by atoms with Crippen LogP contribution in [0.15, 0.2) is 0 Å². The molecule has 0 rings (SSSR count). The van der Waals surface area contributed by atoms with Gasteiger partial charge in [-0.2, -0.15) is 0 Å². The molecule has 0 bridgehead atoms. The van der Waals surface area contributed by atoms with Crippen LogP contribution in [-0.2, 0) is 9.47 Å². The van der Waals surface area contributed by atoms with E-state index in [1.165, 1.54) is 0 Å². The molecule has 1 atom stereocenters. The third-order valence-corrected chi connectivity index (χ3v) is 2.28. The Morgan fingerprint density at radius 1 is 0.750 bits per heavy atom. The first-order valence-corrected chi connectivity index (χ1v) is 6.65. The predicted octanol–water partition coefficient (Wildman–Crippen LogP) is 4.09. The fraction of sp³-hybridized carbons (Fsp3) is 1.00. The molecule has 0 heterocycles. The Bertz CT molecular complexity index is 153. The Hall–Kier alpha value is -0.0800. The summed E-state index contributed by atoms with van der Waals surface area (Å²) in [7, 11) is 0. The van der Waals surface area contributed by atoms with Crippen molar-refractivity contribution in [3.8, 4) is 0 Å². The minimum absolute atomic E-state index is 0.0128. The number of hydrogen-bond acceptors (Lipinski definition) is 2. The van der Waals surface area contributed by atoms with Crippen molar-refractivity contribution in [2.45, 2.75) is 60.7 Å². The predicted molar refractivity (Wildman–Crippen MR) is 69.4 cm³/mol. The Labute approximate surface area is 102 Å². The van der Waals surface area contributed by atoms with E-state index in [4.69, 9.17) is 9.47 Å². The van der Waals surface area contributed by atoms with Crippen LogP contribution in [0.2, 0.25) is 0 Å². The normalized spacial score (nSPS) is 14.1. The first-order chi connectivity index (χ1) is 7.41. The molecule has 0 aliphatic heterocycles. The Morgan fingerprint density at radius 2 is 1.38 bits per heavy atom. The molecule has 0 amide bonds. The zero-order valence-electron chi connectivity index (χ0n) is 12.0. The zero-order chi connectivity index (χ0) is 12.6. The smallest absolute Gasteiger partial charge is 0.157 e. The maximum Gasteiger partial charge on any atom is 0.157 e. The molecule has 0 N–H and O–H groups in total. The van der Waals surface area contributed by atoms with E-state index in [9.17, 15) is 0 Å². The van der Waals surface area contributed by atoms with Gasteiger partial charge in [0.1, 0.15) is 0 Å². The minimum Gasteiger partial charge on any atom is -0.353 e. The van der Waals surface area contributed by atoms with Crippen LogP contribution in [0.3, 0.4) is 0 Å². The Balaban J connectivity index is 3.81. The molecule has 0 aliphatic carbocycles. The molecule has 0 fully saturated rings. The summed E-state index contributed by atoms with van der Waals surface area (Å²) in [5.74, 6) is 1.89. The maximum atomic E-state index is 5.79. The summed E-state index contributed by atoms with van der Waals surface area (Å²) in [4.78, 5) is 0. The summed E-state index contributed by atoms with van der Waals surface area (Å²) >= 11 is 0. The van der Waals surface area contributed by atoms with E-state index in [2.05, 4.69) is 41.5 Å². The molecule has 0 radical (unpaired) electrons. The van der Waals surface area contributed by atoms with Crippen LogP contribution >= 0.6 is 0 Å². The van der Waals surface area contributed by atoms with Gasteiger partial charge in [-0.25, -0.2) is 0 Å². The van der Waals surface area contributed by atoms with Crippen LogP contribution < -0.4 is 0 Å². The highest BCUT2D eigenvalue weighted by Crippen LogP contribution is 2.12. The lowest BCUT2D eigenvalue weighted by atomic mass is 10.1. The molecule has 0 aromatic heterocycles. The standard InChI is InChI=1S/C14H30O2/c1-11(2)7-8-15-14(9-12(3)4)16-10-13(5)6/h11-14H,7-10H2,1-6H3. The van der Waals surface area contributed by atoms with Crippen molar-refractivity contribution in [3.63, 3.8) is 0 Å². The van der Waals surface area contributed by atoms with Gasteiger partial charge in [-0.3, -0.25) is 0 Å². The van der Waals surface area contributed by atoms with Gasteiger partial charge in [0, 0.05) is 13.0 Å². The minimum atomic E-state index is -0.0128. The van der Waals surface area contributed by atoms with Crippen LogP contribution in [0.25, 0.3) is 0 Å². The Morgan fingerprint density at radius 3 is 1.81 bits per heavy atom. The van der Waals surface area contributed by atoms with Crippen LogP contribution in [0.4, 0.5) is 0 Å². The second-order valence-corrected chi connectivity index (χ2v) is 5.84. The summed E-state index contributed by atoms with van der Waals surface area (Å²) in [5, 5.41) is 0. The van der Waals surface area contributed by atoms with E-state index in [1.807, 2.05) is 0 Å². The summed E-state index contributed by atoms with van der Waals surface area (Å²) in [6, 6.07) is 0. The van der Waals surface area contributed by atoms with Crippen LogP contribution in [0, 0.1) is 17.8 Å². The monoisotopic (exact) mass is 230 g/mol. The molecule has 0 aromatic rings. The third kappa shape index (κ3) is 10.4. The van der Waals surface area contributed by atoms with Crippen LogP contribution in [0.1, 0.15) is 54.4 Å². The highest BCUT2D eigenvalue weighted by atomic mass is 16.7. The van der Waals surface area contributed by atoms with Gasteiger partial charge < -0.3 is 9.47 Å². The first-order valence-electron chi connectivity index (χ1n) is 6.65. The highest BCUT2D eigenvalue weighted by molar-refractivity contribution is 4.53. The van der Waals surface area contributed by atoms with Crippen molar-refractivity contribution in [1.29, 1.82) is 0 Å². The number of rotatable bonds is 9. The average molecular weight is 230 g/mol. The fourth-order valence-electron chi connectivity index (χ4n) is 1.30. The lowest BCUT2D eigenvalue weighted by Crippen LogP contribution is -2.22. The van der Waals surface area contributed by atoms with E-state index in [-0.39, 0.29) is 6.29 Å². The summed E-state index contributed by atoms with van der Waals surface area (Å²) in [6.07, 6.45) is 2.09. The molecule has 1 unspecified atom stereocenters. The summed E-state index contributed by atoms with van der Waals surface area (Å²) in [5.41, 5.74) is 0. The fourth-order valence-corrected chi connectivity index (χ4v) is 1.30. The van der Waals surface area contributed by atoms with E-state index >= 15 is 0 Å². The molecule has 0 aliphatic rings. The maximum absolute atomic E-state index is 5.79. The molecule has 0 aromatic carbocycles. The van der Waals surface area contributed by atoms with E-state index in [0.29, 0.717) is 17.8 Å². The van der Waals surface area contributed by atoms with Gasteiger partial charge in [-0.1, -0.05) is 41.5 Å². The molecule has 2 nitrogen and oxygen atoms in total. The van der Waals surface area contributed by atoms with Gasteiger partial charge in [-0.05, 0) is 24.2 Å². The molecular weight excluding hydrogens is 200 g/mol. The second-order valence-electron chi connectivity index (χ2n) is 5.84. The molecular formula is C14H30O2. The van der Waals surface area contributed by atoms with Crippen molar-refractivity contribution in [3.05, 3.63) is 0 Å².